The van der Waals surface area contributed by atoms with Crippen LogP contribution in [0.25, 0.3) is 0 Å². The van der Waals surface area contributed by atoms with Crippen LogP contribution >= 0.6 is 0 Å². The first-order chi connectivity index (χ1) is 10.9. The molecule has 1 aromatic carbocycles. The molecule has 8 heteroatoms. The molecule has 0 unspecified atom stereocenters. The van der Waals surface area contributed by atoms with Gasteiger partial charge in [0.25, 0.3) is 0 Å². The molecule has 4 N–H and O–H groups in total. The Hall–Kier alpha value is -2.90. The quantitative estimate of drug-likeness (QED) is 0.443. The average Bonchev–Trinajstić information content (AvgIpc) is 3.22. The van der Waals surface area contributed by atoms with Gasteiger partial charge >= 0.3 is 0 Å². The van der Waals surface area contributed by atoms with Crippen LogP contribution in [0.3, 0.4) is 0 Å². The second kappa shape index (κ2) is 7.21. The fourth-order valence-electron chi connectivity index (χ4n) is 1.95. The van der Waals surface area contributed by atoms with E-state index in [1.165, 1.54) is 0 Å². The summed E-state index contributed by atoms with van der Waals surface area (Å²) in [5.74, 6) is 1.43. The van der Waals surface area contributed by atoms with E-state index in [4.69, 9.17) is 0 Å². The lowest BCUT2D eigenvalue weighted by Crippen LogP contribution is -2.30. The molecule has 0 radical (unpaired) electrons. The minimum Gasteiger partial charge on any atom is -0.353 e. The molecule has 22 heavy (non-hydrogen) atoms. The van der Waals surface area contributed by atoms with Gasteiger partial charge in [0.15, 0.2) is 0 Å². The van der Waals surface area contributed by atoms with Crippen LogP contribution in [0.15, 0.2) is 44.5 Å². The Labute approximate surface area is 128 Å². The van der Waals surface area contributed by atoms with Crippen LogP contribution in [0.4, 0.5) is 0 Å². The summed E-state index contributed by atoms with van der Waals surface area (Å²) < 4.78 is 0. The molecule has 0 spiro atoms. The van der Waals surface area contributed by atoms with Crippen molar-refractivity contribution in [3.05, 3.63) is 35.4 Å². The van der Waals surface area contributed by atoms with Crippen LogP contribution in [0.5, 0.6) is 0 Å². The Morgan fingerprint density at radius 1 is 0.818 bits per heavy atom. The lowest BCUT2D eigenvalue weighted by molar-refractivity contribution is 0.919. The van der Waals surface area contributed by atoms with E-state index in [2.05, 4.69) is 41.7 Å². The van der Waals surface area contributed by atoms with Crippen LogP contribution in [-0.2, 0) is 0 Å². The summed E-state index contributed by atoms with van der Waals surface area (Å²) in [5, 5.41) is 14.4. The fourth-order valence-corrected chi connectivity index (χ4v) is 1.95. The minimum absolute atomic E-state index is 0.717. The van der Waals surface area contributed by atoms with Crippen molar-refractivity contribution in [3.63, 3.8) is 0 Å². The highest BCUT2D eigenvalue weighted by molar-refractivity contribution is 5.87. The van der Waals surface area contributed by atoms with E-state index in [0.717, 1.165) is 49.2 Å². The lowest BCUT2D eigenvalue weighted by Gasteiger charge is -2.00. The molecule has 0 bridgehead atoms. The molecule has 2 aliphatic rings. The molecule has 0 aliphatic carbocycles. The van der Waals surface area contributed by atoms with Crippen LogP contribution < -0.4 is 21.5 Å². The topological polar surface area (TPSA) is 97.6 Å². The first-order valence-corrected chi connectivity index (χ1v) is 7.15. The molecular weight excluding hydrogens is 280 g/mol. The summed E-state index contributed by atoms with van der Waals surface area (Å²) in [4.78, 5) is 8.38. The van der Waals surface area contributed by atoms with Gasteiger partial charge < -0.3 is 10.6 Å². The van der Waals surface area contributed by atoms with Crippen molar-refractivity contribution < 1.29 is 0 Å². The second-order valence-corrected chi connectivity index (χ2v) is 4.72. The molecule has 0 fully saturated rings. The van der Waals surface area contributed by atoms with Crippen LogP contribution in [0, 0.1) is 0 Å². The Balaban J connectivity index is 1.48. The van der Waals surface area contributed by atoms with Crippen molar-refractivity contribution in [2.24, 2.45) is 20.2 Å². The van der Waals surface area contributed by atoms with Gasteiger partial charge in [-0.2, -0.15) is 10.2 Å². The number of hydrogen-bond acceptors (Lipinski definition) is 8. The van der Waals surface area contributed by atoms with Gasteiger partial charge in [0.05, 0.1) is 25.5 Å². The summed E-state index contributed by atoms with van der Waals surface area (Å²) in [7, 11) is 0. The first kappa shape index (κ1) is 14.1. The van der Waals surface area contributed by atoms with E-state index < -0.39 is 0 Å². The highest BCUT2D eigenvalue weighted by Crippen LogP contribution is 2.00. The zero-order valence-corrected chi connectivity index (χ0v) is 12.1. The van der Waals surface area contributed by atoms with E-state index in [1.54, 1.807) is 12.4 Å². The number of hydrogen-bond donors (Lipinski definition) is 4. The number of rotatable bonds is 4. The van der Waals surface area contributed by atoms with Gasteiger partial charge in [0, 0.05) is 13.1 Å². The van der Waals surface area contributed by atoms with Crippen LogP contribution in [-0.4, -0.2) is 50.5 Å². The Kier molecular flexibility index (Phi) is 4.60. The van der Waals surface area contributed by atoms with Gasteiger partial charge in [-0.1, -0.05) is 24.3 Å². The van der Waals surface area contributed by atoms with Gasteiger partial charge in [-0.25, -0.2) is 20.8 Å². The van der Waals surface area contributed by atoms with Gasteiger partial charge in [-0.15, -0.1) is 0 Å². The molecule has 1 aromatic rings. The van der Waals surface area contributed by atoms with Crippen molar-refractivity contribution >= 4 is 24.3 Å². The van der Waals surface area contributed by atoms with Crippen LogP contribution in [0.2, 0.25) is 0 Å². The largest absolute Gasteiger partial charge is 0.353 e. The molecule has 0 aromatic heterocycles. The van der Waals surface area contributed by atoms with Gasteiger partial charge in [0.1, 0.15) is 0 Å². The monoisotopic (exact) mass is 298 g/mol. The summed E-state index contributed by atoms with van der Waals surface area (Å²) in [6, 6.07) is 7.90. The maximum atomic E-state index is 4.19. The third kappa shape index (κ3) is 4.05. The molecule has 114 valence electrons. The smallest absolute Gasteiger partial charge is 0.212 e. The number of aliphatic imine (C=N–C) groups is 2. The zero-order valence-electron chi connectivity index (χ0n) is 12.1. The summed E-state index contributed by atoms with van der Waals surface area (Å²) in [6.45, 7) is 3.31. The normalized spacial score (nSPS) is 17.3. The minimum atomic E-state index is 0.717. The Bertz CT molecular complexity index is 559. The molecule has 0 saturated heterocycles. The third-order valence-electron chi connectivity index (χ3n) is 3.05. The maximum Gasteiger partial charge on any atom is 0.212 e. The lowest BCUT2D eigenvalue weighted by atomic mass is 10.2. The number of benzene rings is 1. The SMILES string of the molecule is C(=N\NC1=NCCN1)/c1ccc(/C=N/NC2=NCCN2)cc1. The van der Waals surface area contributed by atoms with E-state index in [1.807, 2.05) is 24.3 Å². The predicted molar refractivity (Wildman–Crippen MR) is 88.5 cm³/mol. The standard InChI is InChI=1S/C14H18N8/c1-2-12(10-20-22-14-17-7-8-18-14)4-3-11(1)9-19-21-13-15-5-6-16-13/h1-4,9-10H,5-8H2,(H2,15,16,21)(H2,17,18,22)/b19-9+,20-10+. The number of nitrogens with zero attached hydrogens (tertiary/aromatic N) is 4. The number of guanidine groups is 2. The predicted octanol–water partition coefficient (Wildman–Crippen LogP) is -0.548. The first-order valence-electron chi connectivity index (χ1n) is 7.15. The van der Waals surface area contributed by atoms with Gasteiger partial charge in [0.2, 0.25) is 11.9 Å². The van der Waals surface area contributed by atoms with Crippen molar-refractivity contribution in [1.29, 1.82) is 0 Å². The van der Waals surface area contributed by atoms with Gasteiger partial charge in [-0.05, 0) is 11.1 Å². The van der Waals surface area contributed by atoms with Crippen molar-refractivity contribution in [3.8, 4) is 0 Å². The average molecular weight is 298 g/mol. The third-order valence-corrected chi connectivity index (χ3v) is 3.05. The summed E-state index contributed by atoms with van der Waals surface area (Å²) >= 11 is 0. The van der Waals surface area contributed by atoms with Crippen molar-refractivity contribution in [1.82, 2.24) is 21.5 Å². The molecule has 2 aliphatic heterocycles. The molecule has 2 heterocycles. The van der Waals surface area contributed by atoms with E-state index in [0.29, 0.717) is 0 Å². The molecule has 8 nitrogen and oxygen atoms in total. The highest BCUT2D eigenvalue weighted by atomic mass is 15.4. The Morgan fingerprint density at radius 3 is 1.64 bits per heavy atom. The van der Waals surface area contributed by atoms with E-state index in [-0.39, 0.29) is 0 Å². The molecule has 0 atom stereocenters. The summed E-state index contributed by atoms with van der Waals surface area (Å²) in [5.41, 5.74) is 7.72. The van der Waals surface area contributed by atoms with Gasteiger partial charge in [-0.3, -0.25) is 0 Å². The number of nitrogens with one attached hydrogen (secondary N) is 4. The van der Waals surface area contributed by atoms with Crippen LogP contribution in [0.1, 0.15) is 11.1 Å². The molecule has 0 amide bonds. The summed E-state index contributed by atoms with van der Waals surface area (Å²) in [6.07, 6.45) is 3.50. The van der Waals surface area contributed by atoms with Crippen molar-refractivity contribution in [2.45, 2.75) is 0 Å². The maximum absolute atomic E-state index is 4.19. The number of hydrazone groups is 2. The molecule has 3 rings (SSSR count). The molecule has 0 saturated carbocycles. The molecular formula is C14H18N8. The second-order valence-electron chi connectivity index (χ2n) is 4.72. The highest BCUT2D eigenvalue weighted by Gasteiger charge is 2.02. The van der Waals surface area contributed by atoms with E-state index >= 15 is 0 Å². The zero-order chi connectivity index (χ0) is 15.0. The van der Waals surface area contributed by atoms with E-state index in [9.17, 15) is 0 Å². The fraction of sp³-hybridized carbons (Fsp3) is 0.286. The Morgan fingerprint density at radius 2 is 1.27 bits per heavy atom. The van der Waals surface area contributed by atoms with Crippen molar-refractivity contribution in [2.75, 3.05) is 26.2 Å².